The number of nitrogens with one attached hydrogen (secondary N) is 1. The first-order chi connectivity index (χ1) is 8.08. The van der Waals surface area contributed by atoms with Crippen LogP contribution in [-0.4, -0.2) is 9.60 Å². The van der Waals surface area contributed by atoms with Crippen molar-refractivity contribution in [2.75, 3.05) is 5.43 Å². The summed E-state index contributed by atoms with van der Waals surface area (Å²) in [6.07, 6.45) is 0. The van der Waals surface area contributed by atoms with E-state index in [0.29, 0.717) is 0 Å². The Hall–Kier alpha value is -2.30. The van der Waals surface area contributed by atoms with Crippen molar-refractivity contribution in [3.63, 3.8) is 0 Å². The van der Waals surface area contributed by atoms with Crippen molar-refractivity contribution >= 4 is 11.4 Å². The third kappa shape index (κ3) is 2.28. The highest BCUT2D eigenvalue weighted by molar-refractivity contribution is 5.48. The maximum atomic E-state index is 10.5. The lowest BCUT2D eigenvalue weighted by Crippen LogP contribution is -2.11. The Kier molecular flexibility index (Phi) is 2.82. The van der Waals surface area contributed by atoms with E-state index in [4.69, 9.17) is 0 Å². The maximum Gasteiger partial charge on any atom is 0.269 e. The second-order valence-corrected chi connectivity index (χ2v) is 3.87. The number of anilines is 1. The van der Waals surface area contributed by atoms with E-state index in [0.717, 1.165) is 17.1 Å². The normalized spacial score (nSPS) is 10.2. The summed E-state index contributed by atoms with van der Waals surface area (Å²) >= 11 is 0. The van der Waals surface area contributed by atoms with Gasteiger partial charge in [-0.1, -0.05) is 0 Å². The van der Waals surface area contributed by atoms with Gasteiger partial charge in [-0.2, -0.15) is 0 Å². The fourth-order valence-electron chi connectivity index (χ4n) is 1.63. The molecule has 17 heavy (non-hydrogen) atoms. The Labute approximate surface area is 98.8 Å². The van der Waals surface area contributed by atoms with Crippen molar-refractivity contribution < 1.29 is 4.92 Å². The molecule has 0 saturated heterocycles. The van der Waals surface area contributed by atoms with Gasteiger partial charge in [-0.25, -0.2) is 0 Å². The molecule has 0 aliphatic heterocycles. The molecule has 0 aliphatic rings. The van der Waals surface area contributed by atoms with Crippen molar-refractivity contribution in [1.82, 2.24) is 4.68 Å². The van der Waals surface area contributed by atoms with Gasteiger partial charge in [-0.3, -0.25) is 20.2 Å². The van der Waals surface area contributed by atoms with E-state index in [1.54, 1.807) is 12.1 Å². The number of hydrogen-bond acceptors (Lipinski definition) is 3. The lowest BCUT2D eigenvalue weighted by molar-refractivity contribution is -0.384. The van der Waals surface area contributed by atoms with Crippen molar-refractivity contribution in [1.29, 1.82) is 0 Å². The van der Waals surface area contributed by atoms with Crippen LogP contribution < -0.4 is 5.43 Å². The molecule has 1 aromatic heterocycles. The Balaban J connectivity index is 2.22. The monoisotopic (exact) mass is 231 g/mol. The van der Waals surface area contributed by atoms with Gasteiger partial charge in [0.25, 0.3) is 5.69 Å². The highest BCUT2D eigenvalue weighted by atomic mass is 16.6. The molecule has 0 amide bonds. The predicted octanol–water partition coefficient (Wildman–Crippen LogP) is 2.89. The van der Waals surface area contributed by atoms with E-state index in [-0.39, 0.29) is 5.69 Å². The SMILES string of the molecule is Cc1ccc(C)n1Nc1ccc([N+](=O)[O-])cc1. The van der Waals surface area contributed by atoms with E-state index >= 15 is 0 Å². The van der Waals surface area contributed by atoms with E-state index in [2.05, 4.69) is 5.43 Å². The lowest BCUT2D eigenvalue weighted by atomic mass is 10.3. The van der Waals surface area contributed by atoms with Crippen molar-refractivity contribution in [3.05, 3.63) is 57.9 Å². The van der Waals surface area contributed by atoms with Crippen LogP contribution in [0.3, 0.4) is 0 Å². The van der Waals surface area contributed by atoms with Crippen LogP contribution in [0.1, 0.15) is 11.4 Å². The molecule has 1 N–H and O–H groups in total. The summed E-state index contributed by atoms with van der Waals surface area (Å²) < 4.78 is 1.93. The Morgan fingerprint density at radius 1 is 1.06 bits per heavy atom. The number of nitro groups is 1. The number of rotatable bonds is 3. The molecule has 0 atom stereocenters. The number of nitrogens with zero attached hydrogens (tertiary/aromatic N) is 2. The van der Waals surface area contributed by atoms with Crippen LogP contribution in [0.4, 0.5) is 11.4 Å². The standard InChI is InChI=1S/C12H13N3O2/c1-9-3-4-10(2)14(9)13-11-5-7-12(8-6-11)15(16)17/h3-8,13H,1-2H3. The topological polar surface area (TPSA) is 60.1 Å². The van der Waals surface area contributed by atoms with Gasteiger partial charge in [-0.05, 0) is 38.1 Å². The number of nitro benzene ring substituents is 1. The van der Waals surface area contributed by atoms with Gasteiger partial charge in [0.15, 0.2) is 0 Å². The van der Waals surface area contributed by atoms with E-state index < -0.39 is 4.92 Å². The molecular weight excluding hydrogens is 218 g/mol. The number of benzene rings is 1. The predicted molar refractivity (Wildman–Crippen MR) is 66.0 cm³/mol. The first-order valence-corrected chi connectivity index (χ1v) is 5.24. The summed E-state index contributed by atoms with van der Waals surface area (Å²) in [4.78, 5) is 10.1. The first-order valence-electron chi connectivity index (χ1n) is 5.24. The average Bonchev–Trinajstić information content (AvgIpc) is 2.61. The molecule has 0 unspecified atom stereocenters. The minimum Gasteiger partial charge on any atom is -0.294 e. The molecule has 2 aromatic rings. The molecule has 0 aliphatic carbocycles. The largest absolute Gasteiger partial charge is 0.294 e. The Morgan fingerprint density at radius 3 is 2.06 bits per heavy atom. The summed E-state index contributed by atoms with van der Waals surface area (Å²) in [7, 11) is 0. The molecular formula is C12H13N3O2. The highest BCUT2D eigenvalue weighted by Crippen LogP contribution is 2.17. The van der Waals surface area contributed by atoms with E-state index in [9.17, 15) is 10.1 Å². The molecule has 0 spiro atoms. The summed E-state index contributed by atoms with van der Waals surface area (Å²) in [6.45, 7) is 3.98. The third-order valence-corrected chi connectivity index (χ3v) is 2.59. The smallest absolute Gasteiger partial charge is 0.269 e. The van der Waals surface area contributed by atoms with Crippen LogP contribution in [0.5, 0.6) is 0 Å². The zero-order valence-electron chi connectivity index (χ0n) is 9.68. The third-order valence-electron chi connectivity index (χ3n) is 2.59. The molecule has 1 heterocycles. The fraction of sp³-hybridized carbons (Fsp3) is 0.167. The van der Waals surface area contributed by atoms with Crippen molar-refractivity contribution in [2.45, 2.75) is 13.8 Å². The number of aromatic nitrogens is 1. The van der Waals surface area contributed by atoms with Crippen LogP contribution in [0, 0.1) is 24.0 Å². The summed E-state index contributed by atoms with van der Waals surface area (Å²) in [5, 5.41) is 10.5. The minimum atomic E-state index is -0.407. The molecule has 5 heteroatoms. The number of non-ortho nitro benzene ring substituents is 1. The van der Waals surface area contributed by atoms with Crippen LogP contribution in [0.25, 0.3) is 0 Å². The van der Waals surface area contributed by atoms with Gasteiger partial charge in [0.1, 0.15) is 0 Å². The summed E-state index contributed by atoms with van der Waals surface area (Å²) in [5.74, 6) is 0. The second kappa shape index (κ2) is 4.29. The summed E-state index contributed by atoms with van der Waals surface area (Å²) in [6, 6.07) is 10.4. The van der Waals surface area contributed by atoms with Crippen LogP contribution in [0.15, 0.2) is 36.4 Å². The average molecular weight is 231 g/mol. The zero-order valence-corrected chi connectivity index (χ0v) is 9.68. The van der Waals surface area contributed by atoms with Crippen molar-refractivity contribution in [2.24, 2.45) is 0 Å². The zero-order chi connectivity index (χ0) is 12.4. The van der Waals surface area contributed by atoms with Crippen LogP contribution in [0.2, 0.25) is 0 Å². The molecule has 0 fully saturated rings. The highest BCUT2D eigenvalue weighted by Gasteiger charge is 2.05. The van der Waals surface area contributed by atoms with E-state index in [1.165, 1.54) is 12.1 Å². The lowest BCUT2D eigenvalue weighted by Gasteiger charge is -2.12. The quantitative estimate of drug-likeness (QED) is 0.652. The first kappa shape index (κ1) is 11.2. The second-order valence-electron chi connectivity index (χ2n) is 3.87. The molecule has 0 saturated carbocycles. The van der Waals surface area contributed by atoms with Crippen molar-refractivity contribution in [3.8, 4) is 0 Å². The number of aryl methyl sites for hydroxylation is 2. The Bertz CT molecular complexity index is 524. The van der Waals surface area contributed by atoms with Crippen LogP contribution in [-0.2, 0) is 0 Å². The fourth-order valence-corrected chi connectivity index (χ4v) is 1.63. The molecule has 0 bridgehead atoms. The number of hydrogen-bond donors (Lipinski definition) is 1. The minimum absolute atomic E-state index is 0.0940. The molecule has 0 radical (unpaired) electrons. The van der Waals surface area contributed by atoms with Gasteiger partial charge in [0.05, 0.1) is 10.6 Å². The molecule has 1 aromatic carbocycles. The summed E-state index contributed by atoms with van der Waals surface area (Å²) in [5.41, 5.74) is 6.26. The van der Waals surface area contributed by atoms with Gasteiger partial charge in [0, 0.05) is 23.5 Å². The van der Waals surface area contributed by atoms with Gasteiger partial charge in [-0.15, -0.1) is 0 Å². The van der Waals surface area contributed by atoms with Gasteiger partial charge < -0.3 is 0 Å². The maximum absolute atomic E-state index is 10.5. The Morgan fingerprint density at radius 2 is 1.59 bits per heavy atom. The molecule has 2 rings (SSSR count). The van der Waals surface area contributed by atoms with Gasteiger partial charge >= 0.3 is 0 Å². The molecule has 88 valence electrons. The molecule has 5 nitrogen and oxygen atoms in total. The van der Waals surface area contributed by atoms with E-state index in [1.807, 2.05) is 30.7 Å². The van der Waals surface area contributed by atoms with Gasteiger partial charge in [0.2, 0.25) is 0 Å². The van der Waals surface area contributed by atoms with Crippen LogP contribution >= 0.6 is 0 Å².